The highest BCUT2D eigenvalue weighted by molar-refractivity contribution is 9.10. The monoisotopic (exact) mass is 218 g/mol. The summed E-state index contributed by atoms with van der Waals surface area (Å²) in [4.78, 5) is 10.4. The van der Waals surface area contributed by atoms with Gasteiger partial charge in [-0.2, -0.15) is 5.10 Å². The summed E-state index contributed by atoms with van der Waals surface area (Å²) >= 11 is 3.17. The van der Waals surface area contributed by atoms with E-state index < -0.39 is 12.0 Å². The van der Waals surface area contributed by atoms with Gasteiger partial charge in [0.05, 0.1) is 10.7 Å². The van der Waals surface area contributed by atoms with Gasteiger partial charge in [0.1, 0.15) is 6.04 Å². The molecular formula is C6H7BrN2O2. The van der Waals surface area contributed by atoms with Gasteiger partial charge in [-0.05, 0) is 22.9 Å². The number of nitrogens with zero attached hydrogens (tertiary/aromatic N) is 2. The van der Waals surface area contributed by atoms with Crippen molar-refractivity contribution in [2.24, 2.45) is 0 Å². The van der Waals surface area contributed by atoms with Gasteiger partial charge < -0.3 is 5.11 Å². The number of carbonyl (C=O) groups is 1. The molecular weight excluding hydrogens is 212 g/mol. The Labute approximate surface area is 72.0 Å². The Bertz CT molecular complexity index is 271. The number of aromatic nitrogens is 2. The van der Waals surface area contributed by atoms with Gasteiger partial charge in [-0.1, -0.05) is 0 Å². The average molecular weight is 219 g/mol. The number of rotatable bonds is 2. The van der Waals surface area contributed by atoms with Crippen LogP contribution in [0.5, 0.6) is 0 Å². The lowest BCUT2D eigenvalue weighted by molar-refractivity contribution is -0.140. The van der Waals surface area contributed by atoms with Crippen LogP contribution in [0.4, 0.5) is 0 Å². The minimum absolute atomic E-state index is 0.610. The molecule has 1 N–H and O–H groups in total. The topological polar surface area (TPSA) is 55.1 Å². The van der Waals surface area contributed by atoms with Crippen molar-refractivity contribution in [3.8, 4) is 0 Å². The largest absolute Gasteiger partial charge is 0.480 e. The molecule has 0 radical (unpaired) electrons. The van der Waals surface area contributed by atoms with Crippen LogP contribution < -0.4 is 0 Å². The summed E-state index contributed by atoms with van der Waals surface area (Å²) in [6.45, 7) is 1.57. The van der Waals surface area contributed by atoms with E-state index in [1.54, 1.807) is 19.3 Å². The Hall–Kier alpha value is -0.840. The minimum Gasteiger partial charge on any atom is -0.480 e. The van der Waals surface area contributed by atoms with Crippen molar-refractivity contribution in [3.63, 3.8) is 0 Å². The SMILES string of the molecule is C[C@@H](C(=O)O)n1cc(Br)cn1. The molecule has 1 rings (SSSR count). The van der Waals surface area contributed by atoms with Crippen LogP contribution in [0.25, 0.3) is 0 Å². The van der Waals surface area contributed by atoms with Crippen molar-refractivity contribution in [3.05, 3.63) is 16.9 Å². The average Bonchev–Trinajstić information content (AvgIpc) is 2.34. The van der Waals surface area contributed by atoms with Gasteiger partial charge >= 0.3 is 5.97 Å². The molecule has 0 aliphatic carbocycles. The van der Waals surface area contributed by atoms with E-state index in [0.717, 1.165) is 4.47 Å². The summed E-state index contributed by atoms with van der Waals surface area (Å²) in [5, 5.41) is 12.4. The van der Waals surface area contributed by atoms with Gasteiger partial charge in [0.15, 0.2) is 0 Å². The van der Waals surface area contributed by atoms with Crippen molar-refractivity contribution in [1.29, 1.82) is 0 Å². The molecule has 0 saturated heterocycles. The Kier molecular flexibility index (Phi) is 2.28. The van der Waals surface area contributed by atoms with Crippen molar-refractivity contribution in [1.82, 2.24) is 9.78 Å². The maximum atomic E-state index is 10.4. The van der Waals surface area contributed by atoms with Crippen LogP contribution in [-0.2, 0) is 4.79 Å². The molecule has 0 aromatic carbocycles. The highest BCUT2D eigenvalue weighted by Crippen LogP contribution is 2.10. The lowest BCUT2D eigenvalue weighted by Gasteiger charge is -2.04. The van der Waals surface area contributed by atoms with Crippen LogP contribution in [0.2, 0.25) is 0 Å². The van der Waals surface area contributed by atoms with Crippen LogP contribution in [0.1, 0.15) is 13.0 Å². The number of hydrogen-bond donors (Lipinski definition) is 1. The zero-order chi connectivity index (χ0) is 8.43. The third-order valence-corrected chi connectivity index (χ3v) is 1.73. The van der Waals surface area contributed by atoms with E-state index in [4.69, 9.17) is 5.11 Å². The molecule has 0 aliphatic heterocycles. The molecule has 1 atom stereocenters. The van der Waals surface area contributed by atoms with Crippen molar-refractivity contribution in [2.75, 3.05) is 0 Å². The Morgan fingerprint density at radius 3 is 2.91 bits per heavy atom. The molecule has 0 saturated carbocycles. The second-order valence-electron chi connectivity index (χ2n) is 2.15. The normalized spacial score (nSPS) is 12.9. The molecule has 1 aromatic heterocycles. The van der Waals surface area contributed by atoms with Crippen LogP contribution in [0.15, 0.2) is 16.9 Å². The van der Waals surface area contributed by atoms with E-state index >= 15 is 0 Å². The molecule has 1 heterocycles. The van der Waals surface area contributed by atoms with Crippen molar-refractivity contribution in [2.45, 2.75) is 13.0 Å². The fourth-order valence-electron chi connectivity index (χ4n) is 0.640. The summed E-state index contributed by atoms with van der Waals surface area (Å²) in [5.41, 5.74) is 0. The van der Waals surface area contributed by atoms with Crippen LogP contribution in [0, 0.1) is 0 Å². The molecule has 4 nitrogen and oxygen atoms in total. The summed E-state index contributed by atoms with van der Waals surface area (Å²) < 4.78 is 2.16. The van der Waals surface area contributed by atoms with E-state index in [1.165, 1.54) is 4.68 Å². The van der Waals surface area contributed by atoms with E-state index in [1.807, 2.05) is 0 Å². The minimum atomic E-state index is -0.888. The van der Waals surface area contributed by atoms with Gasteiger partial charge in [-0.3, -0.25) is 4.68 Å². The number of carboxylic acid groups (broad SMARTS) is 1. The third-order valence-electron chi connectivity index (χ3n) is 1.32. The van der Waals surface area contributed by atoms with E-state index in [-0.39, 0.29) is 0 Å². The standard InChI is InChI=1S/C6H7BrN2O2/c1-4(6(10)11)9-3-5(7)2-8-9/h2-4H,1H3,(H,10,11)/t4-/m0/s1. The number of carboxylic acids is 1. The highest BCUT2D eigenvalue weighted by Gasteiger charge is 2.12. The summed E-state index contributed by atoms with van der Waals surface area (Å²) in [6, 6.07) is -0.610. The fraction of sp³-hybridized carbons (Fsp3) is 0.333. The molecule has 5 heteroatoms. The van der Waals surface area contributed by atoms with Crippen molar-refractivity contribution >= 4 is 21.9 Å². The first-order valence-electron chi connectivity index (χ1n) is 3.03. The first-order valence-corrected chi connectivity index (χ1v) is 3.83. The second-order valence-corrected chi connectivity index (χ2v) is 3.07. The summed E-state index contributed by atoms with van der Waals surface area (Å²) in [6.07, 6.45) is 3.18. The van der Waals surface area contributed by atoms with Gasteiger partial charge in [0, 0.05) is 6.20 Å². The highest BCUT2D eigenvalue weighted by atomic mass is 79.9. The molecule has 0 fully saturated rings. The molecule has 0 bridgehead atoms. The summed E-state index contributed by atoms with van der Waals surface area (Å²) in [7, 11) is 0. The zero-order valence-electron chi connectivity index (χ0n) is 5.86. The molecule has 0 amide bonds. The van der Waals surface area contributed by atoms with Crippen LogP contribution in [0.3, 0.4) is 0 Å². The smallest absolute Gasteiger partial charge is 0.328 e. The number of aliphatic carboxylic acids is 1. The molecule has 11 heavy (non-hydrogen) atoms. The molecule has 0 spiro atoms. The Balaban J connectivity index is 2.84. The van der Waals surface area contributed by atoms with Crippen LogP contribution in [-0.4, -0.2) is 20.9 Å². The zero-order valence-corrected chi connectivity index (χ0v) is 7.45. The van der Waals surface area contributed by atoms with Gasteiger partial charge in [0.2, 0.25) is 0 Å². The maximum absolute atomic E-state index is 10.4. The van der Waals surface area contributed by atoms with E-state index in [9.17, 15) is 4.79 Å². The van der Waals surface area contributed by atoms with E-state index in [0.29, 0.717) is 0 Å². The molecule has 0 aliphatic rings. The summed E-state index contributed by atoms with van der Waals surface area (Å²) in [5.74, 6) is -0.888. The Morgan fingerprint density at radius 1 is 1.91 bits per heavy atom. The molecule has 0 unspecified atom stereocenters. The quantitative estimate of drug-likeness (QED) is 0.815. The van der Waals surface area contributed by atoms with Crippen LogP contribution >= 0.6 is 15.9 Å². The maximum Gasteiger partial charge on any atom is 0.328 e. The Morgan fingerprint density at radius 2 is 2.55 bits per heavy atom. The van der Waals surface area contributed by atoms with Gasteiger partial charge in [0.25, 0.3) is 0 Å². The lowest BCUT2D eigenvalue weighted by atomic mass is 10.4. The molecule has 1 aromatic rings. The second kappa shape index (κ2) is 3.04. The fourth-order valence-corrected chi connectivity index (χ4v) is 0.941. The lowest BCUT2D eigenvalue weighted by Crippen LogP contribution is -2.15. The van der Waals surface area contributed by atoms with Gasteiger partial charge in [-0.15, -0.1) is 0 Å². The molecule has 60 valence electrons. The van der Waals surface area contributed by atoms with Crippen molar-refractivity contribution < 1.29 is 9.90 Å². The predicted octanol–water partition coefficient (Wildman–Crippen LogP) is 1.29. The van der Waals surface area contributed by atoms with E-state index in [2.05, 4.69) is 21.0 Å². The number of halogens is 1. The number of hydrogen-bond acceptors (Lipinski definition) is 2. The first-order chi connectivity index (χ1) is 5.11. The predicted molar refractivity (Wildman–Crippen MR) is 42.3 cm³/mol. The third kappa shape index (κ3) is 1.80. The first kappa shape index (κ1) is 8.26. The van der Waals surface area contributed by atoms with Gasteiger partial charge in [-0.25, -0.2) is 4.79 Å².